The average molecular weight is 239 g/mol. The van der Waals surface area contributed by atoms with Gasteiger partial charge in [0.05, 0.1) is 0 Å². The van der Waals surface area contributed by atoms with Crippen molar-refractivity contribution in [1.82, 2.24) is 5.32 Å². The van der Waals surface area contributed by atoms with Gasteiger partial charge in [0.25, 0.3) is 5.91 Å². The van der Waals surface area contributed by atoms with Crippen LogP contribution >= 0.6 is 0 Å². The Hall–Kier alpha value is -1.58. The van der Waals surface area contributed by atoms with E-state index >= 15 is 0 Å². The minimum absolute atomic E-state index is 0.0887. The summed E-state index contributed by atoms with van der Waals surface area (Å²) in [5.74, 6) is -0.153. The maximum Gasteiger partial charge on any atom is 0.258 e. The first kappa shape index (κ1) is 13.5. The molecule has 1 unspecified atom stereocenters. The van der Waals surface area contributed by atoms with Gasteiger partial charge in [0.1, 0.15) is 11.6 Å². The second-order valence-corrected chi connectivity index (χ2v) is 4.08. The fraction of sp³-hybridized carbons (Fsp3) is 0.462. The normalized spacial score (nSPS) is 12.0. The van der Waals surface area contributed by atoms with Crippen LogP contribution in [0.3, 0.4) is 0 Å². The SMILES string of the molecule is CCC(C)NC(=O)COc1cc(F)ccc1C. The number of ether oxygens (including phenoxy) is 1. The van der Waals surface area contributed by atoms with Crippen molar-refractivity contribution in [3.8, 4) is 5.75 Å². The summed E-state index contributed by atoms with van der Waals surface area (Å²) in [5, 5.41) is 2.78. The van der Waals surface area contributed by atoms with Crippen LogP contribution in [0, 0.1) is 12.7 Å². The van der Waals surface area contributed by atoms with Crippen LogP contribution in [0.5, 0.6) is 5.75 Å². The number of hydrogen-bond acceptors (Lipinski definition) is 2. The van der Waals surface area contributed by atoms with Crippen LogP contribution in [0.1, 0.15) is 25.8 Å². The maximum atomic E-state index is 13.0. The Morgan fingerprint density at radius 1 is 1.53 bits per heavy atom. The fourth-order valence-electron chi connectivity index (χ4n) is 1.29. The average Bonchev–Trinajstić information content (AvgIpc) is 2.30. The van der Waals surface area contributed by atoms with Gasteiger partial charge < -0.3 is 10.1 Å². The Kier molecular flexibility index (Phi) is 4.94. The number of halogens is 1. The zero-order chi connectivity index (χ0) is 12.8. The standard InChI is InChI=1S/C13H18FNO2/c1-4-10(3)15-13(16)8-17-12-7-11(14)6-5-9(12)2/h5-7,10H,4,8H2,1-3H3,(H,15,16). The van der Waals surface area contributed by atoms with Gasteiger partial charge in [0.15, 0.2) is 6.61 Å². The van der Waals surface area contributed by atoms with Crippen molar-refractivity contribution in [2.24, 2.45) is 0 Å². The highest BCUT2D eigenvalue weighted by molar-refractivity contribution is 5.77. The molecule has 1 N–H and O–H groups in total. The van der Waals surface area contributed by atoms with Crippen molar-refractivity contribution in [1.29, 1.82) is 0 Å². The van der Waals surface area contributed by atoms with Crippen molar-refractivity contribution in [3.05, 3.63) is 29.6 Å². The number of benzene rings is 1. The molecule has 1 aromatic rings. The molecule has 1 atom stereocenters. The van der Waals surface area contributed by atoms with Crippen LogP contribution in [0.15, 0.2) is 18.2 Å². The van der Waals surface area contributed by atoms with E-state index in [4.69, 9.17) is 4.74 Å². The molecule has 0 radical (unpaired) electrons. The van der Waals surface area contributed by atoms with E-state index in [1.807, 2.05) is 13.8 Å². The lowest BCUT2D eigenvalue weighted by molar-refractivity contribution is -0.123. The Balaban J connectivity index is 2.50. The third-order valence-corrected chi connectivity index (χ3v) is 2.53. The van der Waals surface area contributed by atoms with Crippen molar-refractivity contribution in [2.45, 2.75) is 33.2 Å². The minimum Gasteiger partial charge on any atom is -0.483 e. The lowest BCUT2D eigenvalue weighted by atomic mass is 10.2. The first-order valence-electron chi connectivity index (χ1n) is 5.71. The summed E-state index contributed by atoms with van der Waals surface area (Å²) < 4.78 is 18.2. The maximum absolute atomic E-state index is 13.0. The Morgan fingerprint density at radius 3 is 2.88 bits per heavy atom. The molecule has 94 valence electrons. The van der Waals surface area contributed by atoms with Gasteiger partial charge in [0.2, 0.25) is 0 Å². The number of carbonyl (C=O) groups excluding carboxylic acids is 1. The summed E-state index contributed by atoms with van der Waals surface area (Å²) in [5.41, 5.74) is 0.808. The van der Waals surface area contributed by atoms with E-state index in [1.165, 1.54) is 12.1 Å². The molecule has 0 aliphatic rings. The number of nitrogens with one attached hydrogen (secondary N) is 1. The van der Waals surface area contributed by atoms with E-state index in [2.05, 4.69) is 5.32 Å². The van der Waals surface area contributed by atoms with E-state index in [1.54, 1.807) is 13.0 Å². The zero-order valence-corrected chi connectivity index (χ0v) is 10.4. The van der Waals surface area contributed by atoms with Gasteiger partial charge in [0, 0.05) is 12.1 Å². The first-order chi connectivity index (χ1) is 8.02. The highest BCUT2D eigenvalue weighted by atomic mass is 19.1. The van der Waals surface area contributed by atoms with Gasteiger partial charge in [-0.2, -0.15) is 0 Å². The van der Waals surface area contributed by atoms with Crippen LogP contribution in [0.4, 0.5) is 4.39 Å². The highest BCUT2D eigenvalue weighted by Crippen LogP contribution is 2.18. The van der Waals surface area contributed by atoms with Crippen LogP contribution in [0.2, 0.25) is 0 Å². The number of carbonyl (C=O) groups is 1. The van der Waals surface area contributed by atoms with E-state index in [9.17, 15) is 9.18 Å². The topological polar surface area (TPSA) is 38.3 Å². The summed E-state index contributed by atoms with van der Waals surface area (Å²) >= 11 is 0. The summed E-state index contributed by atoms with van der Waals surface area (Å²) in [7, 11) is 0. The molecule has 0 saturated heterocycles. The molecular weight excluding hydrogens is 221 g/mol. The number of hydrogen-bond donors (Lipinski definition) is 1. The molecule has 0 fully saturated rings. The summed E-state index contributed by atoms with van der Waals surface area (Å²) in [6.07, 6.45) is 0.866. The van der Waals surface area contributed by atoms with Gasteiger partial charge >= 0.3 is 0 Å². The molecule has 17 heavy (non-hydrogen) atoms. The molecule has 0 aromatic heterocycles. The van der Waals surface area contributed by atoms with Gasteiger partial charge in [-0.05, 0) is 31.9 Å². The molecule has 4 heteroatoms. The lowest BCUT2D eigenvalue weighted by Gasteiger charge is -2.13. The number of amides is 1. The van der Waals surface area contributed by atoms with Gasteiger partial charge in [-0.3, -0.25) is 4.79 Å². The molecular formula is C13H18FNO2. The van der Waals surface area contributed by atoms with Crippen LogP contribution in [-0.2, 0) is 4.79 Å². The summed E-state index contributed by atoms with van der Waals surface area (Å²) in [6, 6.07) is 4.39. The Bertz CT molecular complexity index is 393. The molecule has 0 heterocycles. The summed E-state index contributed by atoms with van der Waals surface area (Å²) in [4.78, 5) is 11.5. The molecule has 0 aliphatic carbocycles. The number of aryl methyl sites for hydroxylation is 1. The quantitative estimate of drug-likeness (QED) is 0.857. The first-order valence-corrected chi connectivity index (χ1v) is 5.71. The summed E-state index contributed by atoms with van der Waals surface area (Å²) in [6.45, 7) is 5.63. The van der Waals surface area contributed by atoms with Gasteiger partial charge in [-0.15, -0.1) is 0 Å². The van der Waals surface area contributed by atoms with E-state index in [0.717, 1.165) is 12.0 Å². The monoisotopic (exact) mass is 239 g/mol. The van der Waals surface area contributed by atoms with Crippen LogP contribution in [0.25, 0.3) is 0 Å². The van der Waals surface area contributed by atoms with Crippen LogP contribution in [-0.4, -0.2) is 18.6 Å². The van der Waals surface area contributed by atoms with E-state index in [-0.39, 0.29) is 24.4 Å². The van der Waals surface area contributed by atoms with Gasteiger partial charge in [-0.25, -0.2) is 4.39 Å². The van der Waals surface area contributed by atoms with Crippen molar-refractivity contribution in [3.63, 3.8) is 0 Å². The van der Waals surface area contributed by atoms with Crippen LogP contribution < -0.4 is 10.1 Å². The molecule has 1 rings (SSSR count). The smallest absolute Gasteiger partial charge is 0.258 e. The van der Waals surface area contributed by atoms with E-state index in [0.29, 0.717) is 5.75 Å². The fourth-order valence-corrected chi connectivity index (χ4v) is 1.29. The lowest BCUT2D eigenvalue weighted by Crippen LogP contribution is -2.35. The predicted octanol–water partition coefficient (Wildman–Crippen LogP) is 2.43. The largest absolute Gasteiger partial charge is 0.483 e. The minimum atomic E-state index is -0.368. The zero-order valence-electron chi connectivity index (χ0n) is 10.4. The molecule has 3 nitrogen and oxygen atoms in total. The molecule has 0 bridgehead atoms. The Labute approximate surface area is 101 Å². The molecule has 0 saturated carbocycles. The molecule has 1 aromatic carbocycles. The second-order valence-electron chi connectivity index (χ2n) is 4.08. The molecule has 0 aliphatic heterocycles. The van der Waals surface area contributed by atoms with Crippen molar-refractivity contribution in [2.75, 3.05) is 6.61 Å². The van der Waals surface area contributed by atoms with Crippen molar-refractivity contribution >= 4 is 5.91 Å². The molecule has 0 spiro atoms. The highest BCUT2D eigenvalue weighted by Gasteiger charge is 2.08. The third-order valence-electron chi connectivity index (χ3n) is 2.53. The van der Waals surface area contributed by atoms with Gasteiger partial charge in [-0.1, -0.05) is 13.0 Å². The Morgan fingerprint density at radius 2 is 2.24 bits per heavy atom. The third kappa shape index (κ3) is 4.43. The predicted molar refractivity (Wildman–Crippen MR) is 64.5 cm³/mol. The van der Waals surface area contributed by atoms with Crippen molar-refractivity contribution < 1.29 is 13.9 Å². The second kappa shape index (κ2) is 6.23. The van der Waals surface area contributed by atoms with E-state index < -0.39 is 0 Å². The number of rotatable bonds is 5. The molecule has 1 amide bonds.